The number of rotatable bonds is 5. The van der Waals surface area contributed by atoms with Crippen LogP contribution < -0.4 is 0 Å². The number of hydrogen-bond donors (Lipinski definition) is 1. The summed E-state index contributed by atoms with van der Waals surface area (Å²) < 4.78 is 0. The second-order valence-corrected chi connectivity index (χ2v) is 6.54. The molecule has 1 aromatic carbocycles. The molecule has 3 rings (SSSR count). The van der Waals surface area contributed by atoms with Crippen LogP contribution in [0.1, 0.15) is 24.8 Å². The summed E-state index contributed by atoms with van der Waals surface area (Å²) in [6.07, 6.45) is 2.53. The lowest BCUT2D eigenvalue weighted by atomic mass is 10.1. The van der Waals surface area contributed by atoms with Crippen LogP contribution in [0.25, 0.3) is 11.4 Å². The SMILES string of the molecule is Cc1ccc(-c2nnn(CC(=O)N(C)CC3CCCC3O)n2)cc1. The van der Waals surface area contributed by atoms with E-state index in [0.717, 1.165) is 30.4 Å². The van der Waals surface area contributed by atoms with Gasteiger partial charge in [0.2, 0.25) is 11.7 Å². The highest BCUT2D eigenvalue weighted by molar-refractivity contribution is 5.75. The molecule has 24 heavy (non-hydrogen) atoms. The lowest BCUT2D eigenvalue weighted by molar-refractivity contribution is -0.131. The van der Waals surface area contributed by atoms with Crippen molar-refractivity contribution in [1.29, 1.82) is 0 Å². The molecule has 0 spiro atoms. The van der Waals surface area contributed by atoms with Crippen LogP contribution in [0.5, 0.6) is 0 Å². The van der Waals surface area contributed by atoms with Crippen molar-refractivity contribution in [2.75, 3.05) is 13.6 Å². The van der Waals surface area contributed by atoms with E-state index in [4.69, 9.17) is 0 Å². The maximum atomic E-state index is 12.3. The largest absolute Gasteiger partial charge is 0.393 e. The Morgan fingerprint density at radius 3 is 2.75 bits per heavy atom. The highest BCUT2D eigenvalue weighted by Crippen LogP contribution is 2.26. The fraction of sp³-hybridized carbons (Fsp3) is 0.529. The molecule has 1 aliphatic carbocycles. The molecule has 1 amide bonds. The fourth-order valence-electron chi connectivity index (χ4n) is 3.05. The van der Waals surface area contributed by atoms with E-state index in [-0.39, 0.29) is 24.5 Å². The van der Waals surface area contributed by atoms with Crippen LogP contribution in [0.3, 0.4) is 0 Å². The number of amides is 1. The van der Waals surface area contributed by atoms with Crippen molar-refractivity contribution in [3.63, 3.8) is 0 Å². The van der Waals surface area contributed by atoms with E-state index in [1.165, 1.54) is 4.80 Å². The molecule has 1 aliphatic rings. The Kier molecular flexibility index (Phi) is 4.89. The van der Waals surface area contributed by atoms with Crippen molar-refractivity contribution in [2.24, 2.45) is 5.92 Å². The molecule has 1 saturated carbocycles. The monoisotopic (exact) mass is 329 g/mol. The van der Waals surface area contributed by atoms with Gasteiger partial charge < -0.3 is 10.0 Å². The molecule has 0 saturated heterocycles. The van der Waals surface area contributed by atoms with Crippen LogP contribution in [-0.4, -0.2) is 55.8 Å². The van der Waals surface area contributed by atoms with Crippen LogP contribution in [-0.2, 0) is 11.3 Å². The molecule has 128 valence electrons. The Morgan fingerprint density at radius 2 is 2.08 bits per heavy atom. The third-order valence-electron chi connectivity index (χ3n) is 4.59. The number of tetrazole rings is 1. The first-order valence-corrected chi connectivity index (χ1v) is 8.30. The predicted octanol–water partition coefficient (Wildman–Crippen LogP) is 1.27. The quantitative estimate of drug-likeness (QED) is 0.893. The maximum Gasteiger partial charge on any atom is 0.245 e. The minimum atomic E-state index is -0.294. The molecular formula is C17H23N5O2. The average molecular weight is 329 g/mol. The molecule has 1 fully saturated rings. The van der Waals surface area contributed by atoms with Gasteiger partial charge in [-0.25, -0.2) is 0 Å². The van der Waals surface area contributed by atoms with Gasteiger partial charge in [0.05, 0.1) is 6.10 Å². The third kappa shape index (κ3) is 3.79. The number of hydrogen-bond acceptors (Lipinski definition) is 5. The Bertz CT molecular complexity index is 697. The Balaban J connectivity index is 1.59. The zero-order valence-electron chi connectivity index (χ0n) is 14.1. The molecule has 1 N–H and O–H groups in total. The molecule has 7 nitrogen and oxygen atoms in total. The van der Waals surface area contributed by atoms with Gasteiger partial charge in [-0.2, -0.15) is 4.80 Å². The highest BCUT2D eigenvalue weighted by Gasteiger charge is 2.27. The van der Waals surface area contributed by atoms with Crippen molar-refractivity contribution >= 4 is 5.91 Å². The van der Waals surface area contributed by atoms with Gasteiger partial charge in [-0.15, -0.1) is 10.2 Å². The summed E-state index contributed by atoms with van der Waals surface area (Å²) in [5.74, 6) is 0.601. The number of benzene rings is 1. The summed E-state index contributed by atoms with van der Waals surface area (Å²) in [6.45, 7) is 2.64. The van der Waals surface area contributed by atoms with Crippen LogP contribution >= 0.6 is 0 Å². The second kappa shape index (κ2) is 7.09. The summed E-state index contributed by atoms with van der Waals surface area (Å²) >= 11 is 0. The summed E-state index contributed by atoms with van der Waals surface area (Å²) in [5, 5.41) is 22.1. The smallest absolute Gasteiger partial charge is 0.245 e. The summed E-state index contributed by atoms with van der Waals surface area (Å²) in [6, 6.07) is 7.85. The number of likely N-dealkylation sites (N-methyl/N-ethyl adjacent to an activating group) is 1. The Labute approximate surface area is 141 Å². The number of carbonyl (C=O) groups is 1. The second-order valence-electron chi connectivity index (χ2n) is 6.54. The van der Waals surface area contributed by atoms with Crippen LogP contribution in [0, 0.1) is 12.8 Å². The molecular weight excluding hydrogens is 306 g/mol. The van der Waals surface area contributed by atoms with Crippen molar-refractivity contribution in [3.8, 4) is 11.4 Å². The standard InChI is InChI=1S/C17H23N5O2/c1-12-6-8-13(9-7-12)17-18-20-22(19-17)11-16(24)21(2)10-14-4-3-5-15(14)23/h6-9,14-15,23H,3-5,10-11H2,1-2H3. The minimum absolute atomic E-state index is 0.0537. The van der Waals surface area contributed by atoms with Crippen molar-refractivity contribution in [3.05, 3.63) is 29.8 Å². The van der Waals surface area contributed by atoms with Gasteiger partial charge in [-0.1, -0.05) is 36.2 Å². The summed E-state index contributed by atoms with van der Waals surface area (Å²) in [7, 11) is 1.76. The van der Waals surface area contributed by atoms with E-state index in [2.05, 4.69) is 15.4 Å². The Morgan fingerprint density at radius 1 is 1.33 bits per heavy atom. The van der Waals surface area contributed by atoms with Crippen LogP contribution in [0.2, 0.25) is 0 Å². The number of nitrogens with zero attached hydrogens (tertiary/aromatic N) is 5. The van der Waals surface area contributed by atoms with Gasteiger partial charge in [0.25, 0.3) is 0 Å². The van der Waals surface area contributed by atoms with E-state index in [1.807, 2.05) is 31.2 Å². The van der Waals surface area contributed by atoms with Gasteiger partial charge in [0.1, 0.15) is 6.54 Å². The summed E-state index contributed by atoms with van der Waals surface area (Å²) in [5.41, 5.74) is 2.04. The first kappa shape index (κ1) is 16.6. The van der Waals surface area contributed by atoms with Gasteiger partial charge >= 0.3 is 0 Å². The molecule has 0 radical (unpaired) electrons. The van der Waals surface area contributed by atoms with Crippen molar-refractivity contribution < 1.29 is 9.90 Å². The van der Waals surface area contributed by atoms with E-state index in [1.54, 1.807) is 11.9 Å². The molecule has 2 unspecified atom stereocenters. The van der Waals surface area contributed by atoms with E-state index in [0.29, 0.717) is 12.4 Å². The molecule has 2 aromatic rings. The number of aromatic nitrogens is 4. The molecule has 1 heterocycles. The highest BCUT2D eigenvalue weighted by atomic mass is 16.3. The van der Waals surface area contributed by atoms with Crippen LogP contribution in [0.4, 0.5) is 0 Å². The van der Waals surface area contributed by atoms with Gasteiger partial charge in [-0.3, -0.25) is 4.79 Å². The number of carbonyl (C=O) groups excluding carboxylic acids is 1. The zero-order chi connectivity index (χ0) is 17.1. The van der Waals surface area contributed by atoms with E-state index in [9.17, 15) is 9.90 Å². The molecule has 7 heteroatoms. The zero-order valence-corrected chi connectivity index (χ0v) is 14.1. The average Bonchev–Trinajstić information content (AvgIpc) is 3.18. The molecule has 1 aromatic heterocycles. The lowest BCUT2D eigenvalue weighted by Crippen LogP contribution is -2.36. The van der Waals surface area contributed by atoms with Crippen LogP contribution in [0.15, 0.2) is 24.3 Å². The summed E-state index contributed by atoms with van der Waals surface area (Å²) in [4.78, 5) is 15.3. The number of aryl methyl sites for hydroxylation is 1. The normalized spacial score (nSPS) is 20.3. The maximum absolute atomic E-state index is 12.3. The van der Waals surface area contributed by atoms with E-state index >= 15 is 0 Å². The van der Waals surface area contributed by atoms with Gasteiger partial charge in [0, 0.05) is 25.1 Å². The molecule has 0 bridgehead atoms. The van der Waals surface area contributed by atoms with Gasteiger partial charge in [0.15, 0.2) is 0 Å². The molecule has 2 atom stereocenters. The lowest BCUT2D eigenvalue weighted by Gasteiger charge is -2.22. The van der Waals surface area contributed by atoms with Crippen molar-refractivity contribution in [2.45, 2.75) is 38.8 Å². The first-order chi connectivity index (χ1) is 11.5. The van der Waals surface area contributed by atoms with E-state index < -0.39 is 0 Å². The third-order valence-corrected chi connectivity index (χ3v) is 4.59. The van der Waals surface area contributed by atoms with Crippen molar-refractivity contribution in [1.82, 2.24) is 25.1 Å². The molecule has 0 aliphatic heterocycles. The predicted molar refractivity (Wildman–Crippen MR) is 89.0 cm³/mol. The minimum Gasteiger partial charge on any atom is -0.393 e. The first-order valence-electron chi connectivity index (χ1n) is 8.30. The van der Waals surface area contributed by atoms with Gasteiger partial charge in [-0.05, 0) is 25.0 Å². The number of aliphatic hydroxyl groups is 1. The fourth-order valence-corrected chi connectivity index (χ4v) is 3.05. The Hall–Kier alpha value is -2.28. The number of aliphatic hydroxyl groups excluding tert-OH is 1. The topological polar surface area (TPSA) is 84.1 Å².